The van der Waals surface area contributed by atoms with Crippen LogP contribution in [0.2, 0.25) is 0 Å². The summed E-state index contributed by atoms with van der Waals surface area (Å²) in [5.41, 5.74) is 6.97. The predicted molar refractivity (Wildman–Crippen MR) is 203 cm³/mol. The molecule has 6 nitrogen and oxygen atoms in total. The minimum Gasteiger partial charge on any atom is -0.550 e. The van der Waals surface area contributed by atoms with Crippen molar-refractivity contribution in [2.75, 3.05) is 6.54 Å². The maximum atomic E-state index is 10.9. The number of aliphatic carboxylic acids is 2. The Kier molecular flexibility index (Phi) is 14.8. The standard InChI is InChI=1S/C44H43ClN2O4.2Na/c45-44-32(24-26-36-34-18-8-12-30-14-10-20-38(42(30)34)46(36)28-5-1-3-22-40(48)49)16-7-17-33(44)25-27-37-35-19-9-13-31-15-11-21-39(43(31)35)47(37)29-6-2-4-23-41(50)51;;/h8-15,18-21,24-27H,1-7,16-17,22-23,28-29H2,(H-,48,49,50,51);;/q;2*+1/p-1. The van der Waals surface area contributed by atoms with Gasteiger partial charge in [0.05, 0.1) is 10.9 Å². The van der Waals surface area contributed by atoms with E-state index < -0.39 is 11.9 Å². The van der Waals surface area contributed by atoms with Gasteiger partial charge in [0.1, 0.15) is 6.54 Å². The second-order valence-corrected chi connectivity index (χ2v) is 14.1. The zero-order valence-electron chi connectivity index (χ0n) is 30.8. The van der Waals surface area contributed by atoms with Gasteiger partial charge >= 0.3 is 59.1 Å². The van der Waals surface area contributed by atoms with E-state index in [1.165, 1.54) is 43.7 Å². The number of benzene rings is 4. The Balaban J connectivity index is 0.00000271. The number of aromatic nitrogens is 1. The second-order valence-electron chi connectivity index (χ2n) is 13.7. The molecule has 2 aliphatic rings. The van der Waals surface area contributed by atoms with Gasteiger partial charge < -0.3 is 24.4 Å². The molecule has 0 amide bonds. The third-order valence-corrected chi connectivity index (χ3v) is 10.8. The Bertz CT molecular complexity index is 2320. The van der Waals surface area contributed by atoms with Gasteiger partial charge in [0.2, 0.25) is 11.4 Å². The Labute approximate surface area is 360 Å². The van der Waals surface area contributed by atoms with Gasteiger partial charge in [-0.15, -0.1) is 0 Å². The first-order chi connectivity index (χ1) is 24.9. The fourth-order valence-electron chi connectivity index (χ4n) is 7.91. The zero-order valence-corrected chi connectivity index (χ0v) is 35.6. The normalized spacial score (nSPS) is 15.3. The number of aryl methyl sites for hydroxylation is 1. The van der Waals surface area contributed by atoms with Crippen molar-refractivity contribution >= 4 is 73.5 Å². The molecule has 0 bridgehead atoms. The molecule has 0 spiro atoms. The van der Waals surface area contributed by atoms with E-state index in [1.807, 2.05) is 0 Å². The summed E-state index contributed by atoms with van der Waals surface area (Å²) in [6.45, 7) is 1.60. The van der Waals surface area contributed by atoms with E-state index in [0.717, 1.165) is 85.3 Å². The van der Waals surface area contributed by atoms with Gasteiger partial charge in [0.15, 0.2) is 0 Å². The van der Waals surface area contributed by atoms with Crippen molar-refractivity contribution < 1.29 is 83.5 Å². The summed E-state index contributed by atoms with van der Waals surface area (Å²) in [7, 11) is 0. The number of unbranched alkanes of at least 4 members (excludes halogenated alkanes) is 4. The topological polar surface area (TPSA) is 88.2 Å². The molecule has 0 radical (unpaired) electrons. The number of carboxylic acid groups (broad SMARTS) is 2. The van der Waals surface area contributed by atoms with Crippen LogP contribution in [-0.2, 0) is 16.1 Å². The molecule has 1 aliphatic heterocycles. The van der Waals surface area contributed by atoms with E-state index in [0.29, 0.717) is 12.8 Å². The molecule has 9 heteroatoms. The molecule has 1 aliphatic carbocycles. The Morgan fingerprint density at radius 1 is 0.736 bits per heavy atom. The average molecular weight is 744 g/mol. The van der Waals surface area contributed by atoms with Crippen LogP contribution < -0.4 is 74.7 Å². The smallest absolute Gasteiger partial charge is 0.550 e. The van der Waals surface area contributed by atoms with Crippen LogP contribution >= 0.6 is 11.6 Å². The molecule has 0 N–H and O–H groups in total. The van der Waals surface area contributed by atoms with E-state index in [2.05, 4.69) is 106 Å². The number of hydrogen-bond donors (Lipinski definition) is 0. The molecule has 4 aromatic carbocycles. The summed E-state index contributed by atoms with van der Waals surface area (Å²) in [5.74, 6) is -1.98. The Hall–Kier alpha value is -2.94. The van der Waals surface area contributed by atoms with E-state index in [-0.39, 0.29) is 72.0 Å². The summed E-state index contributed by atoms with van der Waals surface area (Å²) in [4.78, 5) is 21.9. The number of rotatable bonds is 15. The van der Waals surface area contributed by atoms with E-state index >= 15 is 0 Å². The minimum absolute atomic E-state index is 0. The molecule has 1 aromatic heterocycles. The number of nitrogens with zero attached hydrogens (tertiary/aromatic N) is 2. The fraction of sp³-hybridized carbons (Fsp3) is 0.295. The van der Waals surface area contributed by atoms with Crippen molar-refractivity contribution in [3.63, 3.8) is 0 Å². The van der Waals surface area contributed by atoms with Crippen molar-refractivity contribution in [1.29, 1.82) is 0 Å². The molecule has 5 aromatic rings. The molecule has 0 unspecified atom stereocenters. The number of carboxylic acids is 2. The first-order valence-corrected chi connectivity index (χ1v) is 18.6. The van der Waals surface area contributed by atoms with Crippen molar-refractivity contribution in [3.8, 4) is 0 Å². The molecule has 2 heterocycles. The third-order valence-electron chi connectivity index (χ3n) is 10.3. The summed E-state index contributed by atoms with van der Waals surface area (Å²) >= 11 is 7.21. The molecule has 260 valence electrons. The number of halogens is 1. The molecule has 0 fully saturated rings. The van der Waals surface area contributed by atoms with Gasteiger partial charge in [-0.25, -0.2) is 0 Å². The molecular weight excluding hydrogens is 702 g/mol. The van der Waals surface area contributed by atoms with Gasteiger partial charge in [0.25, 0.3) is 0 Å². The third kappa shape index (κ3) is 9.13. The number of allylic oxidation sites excluding steroid dienone is 6. The number of carbonyl (C=O) groups excluding carboxylic acids is 2. The zero-order chi connectivity index (χ0) is 35.3. The van der Waals surface area contributed by atoms with Crippen LogP contribution in [0.3, 0.4) is 0 Å². The van der Waals surface area contributed by atoms with E-state index in [4.69, 9.17) is 11.6 Å². The monoisotopic (exact) mass is 743 g/mol. The predicted octanol–water partition coefficient (Wildman–Crippen LogP) is 1.38. The molecule has 0 saturated carbocycles. The van der Waals surface area contributed by atoms with Crippen LogP contribution in [-0.4, -0.2) is 33.3 Å². The SMILES string of the molecule is O=C([O-])CCCCCn1/c(=C/C=C2\CCCC(/C=C/C3=[N+](CCCCCC(=O)[O-])c4cccc5cccc3c45)=C2Cl)c2cccc3cccc1c32.[Na+].[Na+]. The minimum atomic E-state index is -0.989. The second kappa shape index (κ2) is 19.1. The van der Waals surface area contributed by atoms with Crippen LogP contribution in [0.1, 0.15) is 76.2 Å². The number of carbonyl (C=O) groups is 2. The summed E-state index contributed by atoms with van der Waals surface area (Å²) < 4.78 is 4.74. The number of hydrogen-bond acceptors (Lipinski definition) is 4. The summed E-state index contributed by atoms with van der Waals surface area (Å²) in [6.07, 6.45) is 16.5. The van der Waals surface area contributed by atoms with Gasteiger partial charge in [-0.2, -0.15) is 4.58 Å². The molecule has 0 saturated heterocycles. The van der Waals surface area contributed by atoms with Crippen LogP contribution in [0.5, 0.6) is 0 Å². The molecule has 0 atom stereocenters. The summed E-state index contributed by atoms with van der Waals surface area (Å²) in [6, 6.07) is 25.8. The first-order valence-electron chi connectivity index (χ1n) is 18.2. The van der Waals surface area contributed by atoms with E-state index in [9.17, 15) is 19.8 Å². The quantitative estimate of drug-likeness (QED) is 0.0922. The Morgan fingerprint density at radius 2 is 1.40 bits per heavy atom. The summed E-state index contributed by atoms with van der Waals surface area (Å²) in [5, 5.41) is 29.9. The van der Waals surface area contributed by atoms with Crippen molar-refractivity contribution in [3.05, 3.63) is 118 Å². The van der Waals surface area contributed by atoms with Crippen molar-refractivity contribution in [2.24, 2.45) is 0 Å². The van der Waals surface area contributed by atoms with Gasteiger partial charge in [-0.3, -0.25) is 0 Å². The van der Waals surface area contributed by atoms with Crippen LogP contribution in [0.4, 0.5) is 5.69 Å². The van der Waals surface area contributed by atoms with Crippen molar-refractivity contribution in [2.45, 2.75) is 77.2 Å². The first kappa shape index (κ1) is 41.2. The largest absolute Gasteiger partial charge is 1.00 e. The van der Waals surface area contributed by atoms with Gasteiger partial charge in [-0.1, -0.05) is 84.8 Å². The maximum Gasteiger partial charge on any atom is 1.00 e. The van der Waals surface area contributed by atoms with Crippen LogP contribution in [0.15, 0.2) is 107 Å². The van der Waals surface area contributed by atoms with Crippen LogP contribution in [0, 0.1) is 0 Å². The van der Waals surface area contributed by atoms with Gasteiger partial charge in [-0.05, 0) is 97.9 Å². The van der Waals surface area contributed by atoms with Crippen molar-refractivity contribution in [1.82, 2.24) is 4.57 Å². The average Bonchev–Trinajstić information content (AvgIpc) is 3.60. The fourth-order valence-corrected chi connectivity index (χ4v) is 8.22. The Morgan fingerprint density at radius 3 is 2.13 bits per heavy atom. The molecule has 53 heavy (non-hydrogen) atoms. The van der Waals surface area contributed by atoms with E-state index in [1.54, 1.807) is 0 Å². The maximum absolute atomic E-state index is 10.9. The molecular formula is C44H42ClN2Na2O4+. The van der Waals surface area contributed by atoms with Crippen LogP contribution in [0.25, 0.3) is 38.5 Å². The van der Waals surface area contributed by atoms with Gasteiger partial charge in [0, 0.05) is 63.7 Å². The molecule has 7 rings (SSSR count).